The van der Waals surface area contributed by atoms with Gasteiger partial charge in [0, 0.05) is 10.9 Å². The van der Waals surface area contributed by atoms with E-state index in [0.717, 1.165) is 13.1 Å². The van der Waals surface area contributed by atoms with Crippen LogP contribution in [0.5, 0.6) is 0 Å². The highest BCUT2D eigenvalue weighted by Gasteiger charge is 2.08. The molecule has 3 heteroatoms. The summed E-state index contributed by atoms with van der Waals surface area (Å²) in [6.07, 6.45) is 2.39. The monoisotopic (exact) mass is 226 g/mol. The minimum Gasteiger partial charge on any atom is -0.309 e. The number of thiophene rings is 1. The molecular formula is C12H22N2S. The smallest absolute Gasteiger partial charge is 0.0412 e. The molecule has 1 aromatic heterocycles. The van der Waals surface area contributed by atoms with Gasteiger partial charge in [-0.3, -0.25) is 0 Å². The molecule has 1 atom stereocenters. The lowest BCUT2D eigenvalue weighted by atomic mass is 10.2. The van der Waals surface area contributed by atoms with Crippen molar-refractivity contribution in [3.05, 3.63) is 22.4 Å². The molecule has 0 aliphatic heterocycles. The lowest BCUT2D eigenvalue weighted by Gasteiger charge is -2.16. The van der Waals surface area contributed by atoms with Crippen molar-refractivity contribution in [3.63, 3.8) is 0 Å². The molecule has 1 rings (SSSR count). The van der Waals surface area contributed by atoms with Gasteiger partial charge in [0.15, 0.2) is 0 Å². The number of rotatable bonds is 7. The first kappa shape index (κ1) is 12.7. The predicted octanol–water partition coefficient (Wildman–Crippen LogP) is 2.74. The first-order valence-corrected chi connectivity index (χ1v) is 6.53. The molecule has 86 valence electrons. The van der Waals surface area contributed by atoms with Gasteiger partial charge in [-0.1, -0.05) is 13.0 Å². The van der Waals surface area contributed by atoms with Gasteiger partial charge in [-0.15, -0.1) is 11.3 Å². The average molecular weight is 226 g/mol. The Morgan fingerprint density at radius 3 is 2.80 bits per heavy atom. The Morgan fingerprint density at radius 1 is 1.47 bits per heavy atom. The first-order valence-electron chi connectivity index (χ1n) is 5.65. The minimum atomic E-state index is 0.548. The zero-order valence-electron chi connectivity index (χ0n) is 9.99. The van der Waals surface area contributed by atoms with Crippen LogP contribution in [0.4, 0.5) is 0 Å². The lowest BCUT2D eigenvalue weighted by Crippen LogP contribution is -2.24. The molecule has 1 unspecified atom stereocenters. The lowest BCUT2D eigenvalue weighted by molar-refractivity contribution is 0.386. The summed E-state index contributed by atoms with van der Waals surface area (Å²) in [6.45, 7) is 4.51. The second-order valence-corrected chi connectivity index (χ2v) is 5.07. The summed E-state index contributed by atoms with van der Waals surface area (Å²) in [4.78, 5) is 3.69. The Balaban J connectivity index is 2.23. The van der Waals surface area contributed by atoms with E-state index in [1.165, 1.54) is 17.7 Å². The maximum absolute atomic E-state index is 3.61. The standard InChI is InChI=1S/C12H22N2S/c1-4-11(12-7-5-10-15-12)13-8-6-9-14(2)3/h5,7,10-11,13H,4,6,8-9H2,1-3H3. The normalized spacial score (nSPS) is 13.3. The highest BCUT2D eigenvalue weighted by molar-refractivity contribution is 7.10. The van der Waals surface area contributed by atoms with Crippen LogP contribution in [0.3, 0.4) is 0 Å². The molecule has 15 heavy (non-hydrogen) atoms. The maximum Gasteiger partial charge on any atom is 0.0412 e. The van der Waals surface area contributed by atoms with E-state index in [4.69, 9.17) is 0 Å². The molecule has 1 heterocycles. The van der Waals surface area contributed by atoms with Gasteiger partial charge in [-0.25, -0.2) is 0 Å². The van der Waals surface area contributed by atoms with Gasteiger partial charge in [0.2, 0.25) is 0 Å². The Morgan fingerprint density at radius 2 is 2.27 bits per heavy atom. The fourth-order valence-electron chi connectivity index (χ4n) is 1.61. The van der Waals surface area contributed by atoms with Crippen molar-refractivity contribution in [2.75, 3.05) is 27.2 Å². The van der Waals surface area contributed by atoms with Crippen LogP contribution in [-0.4, -0.2) is 32.1 Å². The summed E-state index contributed by atoms with van der Waals surface area (Å²) in [5.41, 5.74) is 0. The highest BCUT2D eigenvalue weighted by atomic mass is 32.1. The summed E-state index contributed by atoms with van der Waals surface area (Å²) in [5.74, 6) is 0. The summed E-state index contributed by atoms with van der Waals surface area (Å²) < 4.78 is 0. The van der Waals surface area contributed by atoms with Crippen LogP contribution in [0, 0.1) is 0 Å². The fourth-order valence-corrected chi connectivity index (χ4v) is 2.49. The molecule has 0 bridgehead atoms. The minimum absolute atomic E-state index is 0.548. The van der Waals surface area contributed by atoms with E-state index in [1.807, 2.05) is 11.3 Å². The summed E-state index contributed by atoms with van der Waals surface area (Å²) in [5, 5.41) is 5.76. The first-order chi connectivity index (χ1) is 7.24. The molecule has 0 radical (unpaired) electrons. The van der Waals surface area contributed by atoms with Crippen LogP contribution in [0.2, 0.25) is 0 Å². The second-order valence-electron chi connectivity index (χ2n) is 4.09. The molecule has 0 spiro atoms. The maximum atomic E-state index is 3.61. The van der Waals surface area contributed by atoms with Gasteiger partial charge < -0.3 is 10.2 Å². The Kier molecular flexibility index (Phi) is 5.91. The molecule has 0 saturated carbocycles. The van der Waals surface area contributed by atoms with Crippen LogP contribution in [0.1, 0.15) is 30.7 Å². The Bertz CT molecular complexity index is 244. The summed E-state index contributed by atoms with van der Waals surface area (Å²) in [6, 6.07) is 4.90. The van der Waals surface area contributed by atoms with Crippen molar-refractivity contribution < 1.29 is 0 Å². The van der Waals surface area contributed by atoms with Gasteiger partial charge in [-0.05, 0) is 51.5 Å². The van der Waals surface area contributed by atoms with Crippen LogP contribution in [0.25, 0.3) is 0 Å². The molecule has 1 aromatic rings. The van der Waals surface area contributed by atoms with Crippen molar-refractivity contribution >= 4 is 11.3 Å². The SMILES string of the molecule is CCC(NCCCN(C)C)c1cccs1. The molecule has 0 aliphatic carbocycles. The van der Waals surface area contributed by atoms with Crippen molar-refractivity contribution in [3.8, 4) is 0 Å². The second kappa shape index (κ2) is 6.99. The fraction of sp³-hybridized carbons (Fsp3) is 0.667. The molecule has 0 aliphatic rings. The van der Waals surface area contributed by atoms with Crippen LogP contribution in [0.15, 0.2) is 17.5 Å². The highest BCUT2D eigenvalue weighted by Crippen LogP contribution is 2.21. The zero-order chi connectivity index (χ0) is 11.1. The van der Waals surface area contributed by atoms with Gasteiger partial charge in [0.25, 0.3) is 0 Å². The third-order valence-electron chi connectivity index (χ3n) is 2.47. The molecule has 2 nitrogen and oxygen atoms in total. The third kappa shape index (κ3) is 4.78. The molecule has 0 amide bonds. The molecular weight excluding hydrogens is 204 g/mol. The van der Waals surface area contributed by atoms with Gasteiger partial charge >= 0.3 is 0 Å². The number of nitrogens with one attached hydrogen (secondary N) is 1. The van der Waals surface area contributed by atoms with Crippen molar-refractivity contribution in [2.45, 2.75) is 25.8 Å². The largest absolute Gasteiger partial charge is 0.309 e. The molecule has 0 saturated heterocycles. The quantitative estimate of drug-likeness (QED) is 0.719. The number of nitrogens with zero attached hydrogens (tertiary/aromatic N) is 1. The molecule has 0 aromatic carbocycles. The van der Waals surface area contributed by atoms with Gasteiger partial charge in [0.05, 0.1) is 0 Å². The topological polar surface area (TPSA) is 15.3 Å². The Hall–Kier alpha value is -0.380. The van der Waals surface area contributed by atoms with E-state index in [1.54, 1.807) is 0 Å². The summed E-state index contributed by atoms with van der Waals surface area (Å²) in [7, 11) is 4.24. The van der Waals surface area contributed by atoms with Gasteiger partial charge in [-0.2, -0.15) is 0 Å². The van der Waals surface area contributed by atoms with Crippen LogP contribution < -0.4 is 5.32 Å². The van der Waals surface area contributed by atoms with E-state index in [0.29, 0.717) is 6.04 Å². The van der Waals surface area contributed by atoms with E-state index in [-0.39, 0.29) is 0 Å². The van der Waals surface area contributed by atoms with Crippen molar-refractivity contribution in [1.29, 1.82) is 0 Å². The predicted molar refractivity (Wildman–Crippen MR) is 68.5 cm³/mol. The summed E-state index contributed by atoms with van der Waals surface area (Å²) >= 11 is 1.85. The van der Waals surface area contributed by atoms with Crippen LogP contribution >= 0.6 is 11.3 Å². The zero-order valence-corrected chi connectivity index (χ0v) is 10.8. The van der Waals surface area contributed by atoms with Crippen LogP contribution in [-0.2, 0) is 0 Å². The van der Waals surface area contributed by atoms with Gasteiger partial charge in [0.1, 0.15) is 0 Å². The third-order valence-corrected chi connectivity index (χ3v) is 3.45. The average Bonchev–Trinajstić information content (AvgIpc) is 2.70. The number of hydrogen-bond donors (Lipinski definition) is 1. The van der Waals surface area contributed by atoms with E-state index < -0.39 is 0 Å². The van der Waals surface area contributed by atoms with E-state index in [2.05, 4.69) is 48.7 Å². The van der Waals surface area contributed by atoms with E-state index >= 15 is 0 Å². The molecule has 1 N–H and O–H groups in total. The van der Waals surface area contributed by atoms with Crippen molar-refractivity contribution in [1.82, 2.24) is 10.2 Å². The van der Waals surface area contributed by atoms with Crippen molar-refractivity contribution in [2.24, 2.45) is 0 Å². The number of hydrogen-bond acceptors (Lipinski definition) is 3. The molecule has 0 fully saturated rings. The Labute approximate surface area is 97.3 Å². The van der Waals surface area contributed by atoms with E-state index in [9.17, 15) is 0 Å².